The Kier molecular flexibility index (Phi) is 3.06. The molecule has 100 valence electrons. The van der Waals surface area contributed by atoms with Gasteiger partial charge in [-0.15, -0.1) is 0 Å². The number of carbonyl (C=O) groups excluding carboxylic acids is 2. The van der Waals surface area contributed by atoms with Gasteiger partial charge in [0.1, 0.15) is 0 Å². The minimum absolute atomic E-state index is 0.0862. The van der Waals surface area contributed by atoms with Gasteiger partial charge in [0.25, 0.3) is 0 Å². The number of aromatic nitrogens is 2. The van der Waals surface area contributed by atoms with E-state index in [1.807, 2.05) is 11.6 Å². The molecule has 0 bridgehead atoms. The number of rotatable bonds is 2. The topological polar surface area (TPSA) is 52.0 Å². The molecule has 1 aliphatic carbocycles. The van der Waals surface area contributed by atoms with E-state index in [9.17, 15) is 9.59 Å². The molecule has 1 aromatic heterocycles. The van der Waals surface area contributed by atoms with E-state index in [1.54, 1.807) is 43.6 Å². The van der Waals surface area contributed by atoms with Crippen molar-refractivity contribution in [3.05, 3.63) is 58.3 Å². The summed E-state index contributed by atoms with van der Waals surface area (Å²) in [4.78, 5) is 29.5. The molecule has 0 amide bonds. The predicted molar refractivity (Wildman–Crippen MR) is 76.9 cm³/mol. The maximum absolute atomic E-state index is 12.5. The van der Waals surface area contributed by atoms with Gasteiger partial charge in [-0.1, -0.05) is 24.3 Å². The van der Waals surface area contributed by atoms with Crippen LogP contribution in [0.4, 0.5) is 0 Å². The highest BCUT2D eigenvalue weighted by atomic mass is 32.2. The molecule has 5 heteroatoms. The van der Waals surface area contributed by atoms with E-state index in [4.69, 9.17) is 0 Å². The first-order valence-corrected chi connectivity index (χ1v) is 6.95. The summed E-state index contributed by atoms with van der Waals surface area (Å²) >= 11 is 1.24. The second-order valence-electron chi connectivity index (χ2n) is 4.58. The number of nitrogens with zero attached hydrogens (tertiary/aromatic N) is 2. The number of aryl methyl sites for hydroxylation is 1. The van der Waals surface area contributed by atoms with Gasteiger partial charge in [-0.25, -0.2) is 4.98 Å². The normalized spacial score (nSPS) is 14.7. The Balaban J connectivity index is 2.08. The third-order valence-electron chi connectivity index (χ3n) is 3.27. The van der Waals surface area contributed by atoms with E-state index in [0.29, 0.717) is 26.8 Å². The first-order valence-electron chi connectivity index (χ1n) is 6.14. The number of carbonyl (C=O) groups is 2. The van der Waals surface area contributed by atoms with Crippen molar-refractivity contribution in [2.75, 3.05) is 0 Å². The van der Waals surface area contributed by atoms with Gasteiger partial charge in [-0.2, -0.15) is 0 Å². The van der Waals surface area contributed by atoms with Crippen LogP contribution in [0.15, 0.2) is 52.3 Å². The van der Waals surface area contributed by atoms with E-state index in [0.717, 1.165) is 0 Å². The maximum Gasteiger partial charge on any atom is 0.200 e. The van der Waals surface area contributed by atoms with Crippen molar-refractivity contribution in [2.24, 2.45) is 7.05 Å². The van der Waals surface area contributed by atoms with Crippen LogP contribution >= 0.6 is 11.8 Å². The summed E-state index contributed by atoms with van der Waals surface area (Å²) in [5.74, 6) is -0.192. The lowest BCUT2D eigenvalue weighted by Gasteiger charge is -2.18. The van der Waals surface area contributed by atoms with Crippen molar-refractivity contribution < 1.29 is 9.59 Å². The molecule has 0 saturated heterocycles. The van der Waals surface area contributed by atoms with Crippen LogP contribution in [0.5, 0.6) is 0 Å². The Labute approximate surface area is 120 Å². The van der Waals surface area contributed by atoms with Gasteiger partial charge >= 0.3 is 0 Å². The molecule has 0 saturated carbocycles. The Morgan fingerprint density at radius 2 is 1.75 bits per heavy atom. The van der Waals surface area contributed by atoms with Gasteiger partial charge in [-0.05, 0) is 18.7 Å². The van der Waals surface area contributed by atoms with E-state index >= 15 is 0 Å². The standard InChI is InChI=1S/C15H12N2O2S/c1-9-12(18)10-5-3-4-6-11(10)13(19)14(9)20-15-16-7-8-17(15)2/h3-8H,1-2H3. The summed E-state index contributed by atoms with van der Waals surface area (Å²) in [5.41, 5.74) is 1.45. The molecule has 0 N–H and O–H groups in total. The number of Topliss-reactive ketones (excluding diaryl/α,β-unsaturated/α-hetero) is 2. The maximum atomic E-state index is 12.5. The zero-order valence-corrected chi connectivity index (χ0v) is 11.9. The average Bonchev–Trinajstić information content (AvgIpc) is 2.86. The molecular formula is C15H12N2O2S. The van der Waals surface area contributed by atoms with Crippen molar-refractivity contribution in [1.29, 1.82) is 0 Å². The van der Waals surface area contributed by atoms with Crippen LogP contribution in [0, 0.1) is 0 Å². The second-order valence-corrected chi connectivity index (χ2v) is 5.56. The Hall–Kier alpha value is -2.14. The second kappa shape index (κ2) is 4.76. The lowest BCUT2D eigenvalue weighted by Crippen LogP contribution is -2.19. The predicted octanol–water partition coefficient (Wildman–Crippen LogP) is 2.87. The molecule has 2 aromatic rings. The summed E-state index contributed by atoms with van der Waals surface area (Å²) < 4.78 is 1.82. The van der Waals surface area contributed by atoms with Crippen LogP contribution in [0.3, 0.4) is 0 Å². The van der Waals surface area contributed by atoms with Crippen molar-refractivity contribution in [2.45, 2.75) is 12.1 Å². The van der Waals surface area contributed by atoms with Crippen LogP contribution in [0.1, 0.15) is 27.6 Å². The lowest BCUT2D eigenvalue weighted by molar-refractivity contribution is 0.0981. The third-order valence-corrected chi connectivity index (χ3v) is 4.55. The number of thioether (sulfide) groups is 1. The fraction of sp³-hybridized carbons (Fsp3) is 0.133. The fourth-order valence-corrected chi connectivity index (χ4v) is 3.09. The zero-order valence-electron chi connectivity index (χ0n) is 11.1. The summed E-state index contributed by atoms with van der Waals surface area (Å²) in [6, 6.07) is 6.93. The summed E-state index contributed by atoms with van der Waals surface area (Å²) in [6.07, 6.45) is 3.47. The van der Waals surface area contributed by atoms with Gasteiger partial charge in [0.15, 0.2) is 10.9 Å². The lowest BCUT2D eigenvalue weighted by atomic mass is 9.90. The Morgan fingerprint density at radius 3 is 2.35 bits per heavy atom. The fourth-order valence-electron chi connectivity index (χ4n) is 2.14. The monoisotopic (exact) mass is 284 g/mol. The molecule has 0 radical (unpaired) electrons. The summed E-state index contributed by atoms with van der Waals surface area (Å²) in [7, 11) is 1.86. The van der Waals surface area contributed by atoms with Crippen molar-refractivity contribution in [3.8, 4) is 0 Å². The Bertz CT molecular complexity index is 759. The van der Waals surface area contributed by atoms with Crippen molar-refractivity contribution >= 4 is 23.3 Å². The van der Waals surface area contributed by atoms with Crippen molar-refractivity contribution in [3.63, 3.8) is 0 Å². The SMILES string of the molecule is CC1=C(Sc2nccn2C)C(=O)c2ccccc2C1=O. The molecule has 3 rings (SSSR count). The van der Waals surface area contributed by atoms with Crippen LogP contribution in [0.2, 0.25) is 0 Å². The highest BCUT2D eigenvalue weighted by Gasteiger charge is 2.30. The molecule has 1 aromatic carbocycles. The number of hydrogen-bond donors (Lipinski definition) is 0. The highest BCUT2D eigenvalue weighted by molar-refractivity contribution is 8.04. The Morgan fingerprint density at radius 1 is 1.10 bits per heavy atom. The smallest absolute Gasteiger partial charge is 0.200 e. The van der Waals surface area contributed by atoms with E-state index in [2.05, 4.69) is 4.98 Å². The number of benzene rings is 1. The highest BCUT2D eigenvalue weighted by Crippen LogP contribution is 2.35. The minimum Gasteiger partial charge on any atom is -0.329 e. The molecule has 0 aliphatic heterocycles. The zero-order chi connectivity index (χ0) is 14.3. The first kappa shape index (κ1) is 12.9. The average molecular weight is 284 g/mol. The third kappa shape index (κ3) is 1.91. The number of allylic oxidation sites excluding steroid dienone is 2. The summed E-state index contributed by atoms with van der Waals surface area (Å²) in [5, 5.41) is 0.694. The number of hydrogen-bond acceptors (Lipinski definition) is 4. The van der Waals surface area contributed by atoms with Crippen LogP contribution < -0.4 is 0 Å². The van der Waals surface area contributed by atoms with Gasteiger partial charge in [0.2, 0.25) is 5.78 Å². The molecule has 0 fully saturated rings. The van der Waals surface area contributed by atoms with E-state index in [1.165, 1.54) is 11.8 Å². The molecular weight excluding hydrogens is 272 g/mol. The van der Waals surface area contributed by atoms with Crippen LogP contribution in [-0.2, 0) is 7.05 Å². The van der Waals surface area contributed by atoms with Gasteiger partial charge in [0, 0.05) is 36.1 Å². The first-order chi connectivity index (χ1) is 9.59. The van der Waals surface area contributed by atoms with Gasteiger partial charge in [-0.3, -0.25) is 9.59 Å². The molecule has 4 nitrogen and oxygen atoms in total. The van der Waals surface area contributed by atoms with Crippen LogP contribution in [0.25, 0.3) is 0 Å². The largest absolute Gasteiger partial charge is 0.329 e. The number of ketones is 2. The molecule has 1 heterocycles. The van der Waals surface area contributed by atoms with Gasteiger partial charge < -0.3 is 4.57 Å². The molecule has 1 aliphatic rings. The van der Waals surface area contributed by atoms with E-state index < -0.39 is 0 Å². The molecule has 20 heavy (non-hydrogen) atoms. The number of imidazole rings is 1. The number of fused-ring (bicyclic) bond motifs is 1. The van der Waals surface area contributed by atoms with Gasteiger partial charge in [0.05, 0.1) is 4.91 Å². The van der Waals surface area contributed by atoms with Crippen LogP contribution in [-0.4, -0.2) is 21.1 Å². The molecule has 0 atom stereocenters. The minimum atomic E-state index is -0.106. The molecule has 0 unspecified atom stereocenters. The summed E-state index contributed by atoms with van der Waals surface area (Å²) in [6.45, 7) is 1.70. The van der Waals surface area contributed by atoms with Crippen molar-refractivity contribution in [1.82, 2.24) is 9.55 Å². The molecule has 0 spiro atoms. The van der Waals surface area contributed by atoms with E-state index in [-0.39, 0.29) is 11.6 Å². The quantitative estimate of drug-likeness (QED) is 0.851.